The van der Waals surface area contributed by atoms with Gasteiger partial charge in [0, 0.05) is 6.04 Å². The molecule has 0 heterocycles. The van der Waals surface area contributed by atoms with Crippen molar-refractivity contribution in [3.05, 3.63) is 35.1 Å². The Kier molecular flexibility index (Phi) is 4.98. The molecule has 1 aliphatic rings. The van der Waals surface area contributed by atoms with Gasteiger partial charge in [0.05, 0.1) is 0 Å². The molecule has 1 aromatic rings. The van der Waals surface area contributed by atoms with Crippen molar-refractivity contribution in [1.82, 2.24) is 5.32 Å². The Balaban J connectivity index is 2.03. The van der Waals surface area contributed by atoms with E-state index in [2.05, 4.69) is 19.3 Å². The molecule has 1 aromatic carbocycles. The Morgan fingerprint density at radius 1 is 1.37 bits per heavy atom. The standard InChI is InChI=1S/C17H26FN/c1-4-13-5-6-15(10-13)17(19-3)11-14-7-8-16(18)9-12(14)2/h7-9,13,15,17,19H,4-6,10-11H2,1-3H3. The number of benzene rings is 1. The summed E-state index contributed by atoms with van der Waals surface area (Å²) in [5.74, 6) is 1.56. The van der Waals surface area contributed by atoms with Gasteiger partial charge in [0.15, 0.2) is 0 Å². The first-order valence-electron chi connectivity index (χ1n) is 7.56. The van der Waals surface area contributed by atoms with Gasteiger partial charge in [-0.15, -0.1) is 0 Å². The van der Waals surface area contributed by atoms with Crippen LogP contribution in [0.5, 0.6) is 0 Å². The summed E-state index contributed by atoms with van der Waals surface area (Å²) in [4.78, 5) is 0. The lowest BCUT2D eigenvalue weighted by molar-refractivity contribution is 0.361. The molecule has 0 radical (unpaired) electrons. The second-order valence-electron chi connectivity index (χ2n) is 6.02. The van der Waals surface area contributed by atoms with Gasteiger partial charge in [0.25, 0.3) is 0 Å². The minimum absolute atomic E-state index is 0.130. The second-order valence-corrected chi connectivity index (χ2v) is 6.02. The van der Waals surface area contributed by atoms with E-state index >= 15 is 0 Å². The van der Waals surface area contributed by atoms with Gasteiger partial charge < -0.3 is 5.32 Å². The van der Waals surface area contributed by atoms with Crippen LogP contribution in [0.15, 0.2) is 18.2 Å². The fourth-order valence-corrected chi connectivity index (χ4v) is 3.48. The molecule has 1 nitrogen and oxygen atoms in total. The third-order valence-corrected chi connectivity index (χ3v) is 4.84. The average Bonchev–Trinajstić information content (AvgIpc) is 2.86. The summed E-state index contributed by atoms with van der Waals surface area (Å²) in [6.07, 6.45) is 6.39. The molecule has 1 aliphatic carbocycles. The molecule has 106 valence electrons. The highest BCUT2D eigenvalue weighted by Gasteiger charge is 2.29. The van der Waals surface area contributed by atoms with Crippen LogP contribution in [0.3, 0.4) is 0 Å². The molecular weight excluding hydrogens is 237 g/mol. The zero-order valence-corrected chi connectivity index (χ0v) is 12.4. The second kappa shape index (κ2) is 6.51. The highest BCUT2D eigenvalue weighted by Crippen LogP contribution is 2.35. The Hall–Kier alpha value is -0.890. The Morgan fingerprint density at radius 3 is 2.74 bits per heavy atom. The number of aryl methyl sites for hydroxylation is 1. The zero-order valence-electron chi connectivity index (χ0n) is 12.4. The summed E-state index contributed by atoms with van der Waals surface area (Å²) >= 11 is 0. The molecule has 2 heteroatoms. The Labute approximate surface area is 116 Å². The molecule has 3 unspecified atom stereocenters. The van der Waals surface area contributed by atoms with E-state index in [1.54, 1.807) is 12.1 Å². The minimum Gasteiger partial charge on any atom is -0.316 e. The van der Waals surface area contributed by atoms with E-state index in [1.807, 2.05) is 13.0 Å². The molecule has 0 spiro atoms. The van der Waals surface area contributed by atoms with Crippen LogP contribution >= 0.6 is 0 Å². The van der Waals surface area contributed by atoms with Crippen LogP contribution in [-0.4, -0.2) is 13.1 Å². The largest absolute Gasteiger partial charge is 0.316 e. The highest BCUT2D eigenvalue weighted by molar-refractivity contribution is 5.27. The van der Waals surface area contributed by atoms with Crippen molar-refractivity contribution in [2.75, 3.05) is 7.05 Å². The summed E-state index contributed by atoms with van der Waals surface area (Å²) in [6.45, 7) is 4.31. The van der Waals surface area contributed by atoms with E-state index < -0.39 is 0 Å². The molecule has 0 aliphatic heterocycles. The fourth-order valence-electron chi connectivity index (χ4n) is 3.48. The van der Waals surface area contributed by atoms with Gasteiger partial charge in [-0.1, -0.05) is 25.8 Å². The number of nitrogens with one attached hydrogen (secondary N) is 1. The van der Waals surface area contributed by atoms with Crippen molar-refractivity contribution in [3.8, 4) is 0 Å². The van der Waals surface area contributed by atoms with Crippen LogP contribution in [0.2, 0.25) is 0 Å². The molecule has 2 rings (SSSR count). The lowest BCUT2D eigenvalue weighted by atomic mass is 9.89. The first kappa shape index (κ1) is 14.5. The van der Waals surface area contributed by atoms with Crippen molar-refractivity contribution in [2.24, 2.45) is 11.8 Å². The van der Waals surface area contributed by atoms with Gasteiger partial charge in [-0.3, -0.25) is 0 Å². The Morgan fingerprint density at radius 2 is 2.16 bits per heavy atom. The zero-order chi connectivity index (χ0) is 13.8. The molecule has 0 aromatic heterocycles. The molecule has 0 amide bonds. The lowest BCUT2D eigenvalue weighted by Gasteiger charge is -2.24. The van der Waals surface area contributed by atoms with Gasteiger partial charge in [-0.2, -0.15) is 0 Å². The van der Waals surface area contributed by atoms with E-state index in [4.69, 9.17) is 0 Å². The number of rotatable bonds is 5. The average molecular weight is 263 g/mol. The Bertz CT molecular complexity index is 416. The molecule has 0 bridgehead atoms. The molecule has 1 N–H and O–H groups in total. The molecule has 0 saturated heterocycles. The van der Waals surface area contributed by atoms with Crippen molar-refractivity contribution in [2.45, 2.75) is 52.0 Å². The summed E-state index contributed by atoms with van der Waals surface area (Å²) in [5.41, 5.74) is 2.35. The number of likely N-dealkylation sites (N-methyl/N-ethyl adjacent to an activating group) is 1. The topological polar surface area (TPSA) is 12.0 Å². The predicted octanol–water partition coefficient (Wildman–Crippen LogP) is 4.09. The van der Waals surface area contributed by atoms with Gasteiger partial charge in [-0.05, 0) is 68.3 Å². The fraction of sp³-hybridized carbons (Fsp3) is 0.647. The highest BCUT2D eigenvalue weighted by atomic mass is 19.1. The maximum absolute atomic E-state index is 13.1. The van der Waals surface area contributed by atoms with Crippen LogP contribution in [0.25, 0.3) is 0 Å². The number of halogens is 1. The van der Waals surface area contributed by atoms with Crippen LogP contribution in [0, 0.1) is 24.6 Å². The maximum atomic E-state index is 13.1. The van der Waals surface area contributed by atoms with Crippen LogP contribution < -0.4 is 5.32 Å². The quantitative estimate of drug-likeness (QED) is 0.843. The number of hydrogen-bond donors (Lipinski definition) is 1. The molecule has 1 saturated carbocycles. The predicted molar refractivity (Wildman–Crippen MR) is 78.8 cm³/mol. The van der Waals surface area contributed by atoms with Gasteiger partial charge in [0.1, 0.15) is 5.82 Å². The minimum atomic E-state index is -0.130. The summed E-state index contributed by atoms with van der Waals surface area (Å²) in [6, 6.07) is 5.70. The van der Waals surface area contributed by atoms with E-state index in [-0.39, 0.29) is 5.82 Å². The third-order valence-electron chi connectivity index (χ3n) is 4.84. The lowest BCUT2D eigenvalue weighted by Crippen LogP contribution is -2.34. The van der Waals surface area contributed by atoms with E-state index in [1.165, 1.54) is 31.2 Å². The van der Waals surface area contributed by atoms with Crippen molar-refractivity contribution in [1.29, 1.82) is 0 Å². The van der Waals surface area contributed by atoms with Gasteiger partial charge >= 0.3 is 0 Å². The van der Waals surface area contributed by atoms with Crippen molar-refractivity contribution >= 4 is 0 Å². The van der Waals surface area contributed by atoms with Crippen molar-refractivity contribution < 1.29 is 4.39 Å². The molecule has 19 heavy (non-hydrogen) atoms. The summed E-state index contributed by atoms with van der Waals surface area (Å²) < 4.78 is 13.1. The van der Waals surface area contributed by atoms with Crippen LogP contribution in [0.4, 0.5) is 4.39 Å². The van der Waals surface area contributed by atoms with Crippen molar-refractivity contribution in [3.63, 3.8) is 0 Å². The number of hydrogen-bond acceptors (Lipinski definition) is 1. The summed E-state index contributed by atoms with van der Waals surface area (Å²) in [5, 5.41) is 3.49. The van der Waals surface area contributed by atoms with Crippen LogP contribution in [0.1, 0.15) is 43.7 Å². The van der Waals surface area contributed by atoms with E-state index in [0.29, 0.717) is 6.04 Å². The first-order valence-corrected chi connectivity index (χ1v) is 7.56. The monoisotopic (exact) mass is 263 g/mol. The molecular formula is C17H26FN. The molecule has 3 atom stereocenters. The summed E-state index contributed by atoms with van der Waals surface area (Å²) in [7, 11) is 2.06. The smallest absolute Gasteiger partial charge is 0.123 e. The van der Waals surface area contributed by atoms with Gasteiger partial charge in [0.2, 0.25) is 0 Å². The van der Waals surface area contributed by atoms with Crippen LogP contribution in [-0.2, 0) is 6.42 Å². The van der Waals surface area contributed by atoms with E-state index in [0.717, 1.165) is 23.8 Å². The third kappa shape index (κ3) is 3.56. The SMILES string of the molecule is CCC1CCC(C(Cc2ccc(F)cc2C)NC)C1. The van der Waals surface area contributed by atoms with E-state index in [9.17, 15) is 4.39 Å². The normalized spacial score (nSPS) is 24.6. The first-order chi connectivity index (χ1) is 9.13. The van der Waals surface area contributed by atoms with Gasteiger partial charge in [-0.25, -0.2) is 4.39 Å². The maximum Gasteiger partial charge on any atom is 0.123 e. The molecule has 1 fully saturated rings.